The number of rotatable bonds is 7. The molecule has 0 aliphatic rings. The molecule has 88 valence electrons. The van der Waals surface area contributed by atoms with Crippen molar-refractivity contribution in [3.63, 3.8) is 0 Å². The zero-order valence-electron chi connectivity index (χ0n) is 9.24. The van der Waals surface area contributed by atoms with E-state index in [4.69, 9.17) is 21.1 Å². The Bertz CT molecular complexity index is 339. The Kier molecular flexibility index (Phi) is 5.90. The van der Waals surface area contributed by atoms with E-state index < -0.39 is 0 Å². The SMILES string of the molecule is COCCCCOc1cccc(Cl)c1C=O. The molecule has 0 fully saturated rings. The molecule has 0 aliphatic heterocycles. The second-order valence-corrected chi connectivity index (χ2v) is 3.73. The van der Waals surface area contributed by atoms with Crippen LogP contribution >= 0.6 is 11.6 Å². The molecule has 0 unspecified atom stereocenters. The molecule has 1 aromatic rings. The Labute approximate surface area is 100 Å². The number of ether oxygens (including phenoxy) is 2. The minimum atomic E-state index is 0.413. The normalized spacial score (nSPS) is 10.1. The third kappa shape index (κ3) is 3.83. The Hall–Kier alpha value is -1.06. The lowest BCUT2D eigenvalue weighted by atomic mass is 10.2. The summed E-state index contributed by atoms with van der Waals surface area (Å²) >= 11 is 5.86. The molecule has 0 heterocycles. The van der Waals surface area contributed by atoms with Crippen LogP contribution in [-0.4, -0.2) is 26.6 Å². The smallest absolute Gasteiger partial charge is 0.155 e. The van der Waals surface area contributed by atoms with Crippen LogP contribution in [0.5, 0.6) is 5.75 Å². The number of aldehydes is 1. The Balaban J connectivity index is 2.47. The molecule has 1 aromatic carbocycles. The lowest BCUT2D eigenvalue weighted by Crippen LogP contribution is -2.01. The van der Waals surface area contributed by atoms with Crippen LogP contribution in [0.25, 0.3) is 0 Å². The predicted octanol–water partition coefficient (Wildman–Crippen LogP) is 2.96. The van der Waals surface area contributed by atoms with E-state index in [1.54, 1.807) is 25.3 Å². The molecule has 0 atom stereocenters. The van der Waals surface area contributed by atoms with Crippen molar-refractivity contribution in [3.05, 3.63) is 28.8 Å². The summed E-state index contributed by atoms with van der Waals surface area (Å²) in [6.07, 6.45) is 2.54. The number of hydrogen-bond donors (Lipinski definition) is 0. The van der Waals surface area contributed by atoms with Crippen molar-refractivity contribution >= 4 is 17.9 Å². The first kappa shape index (κ1) is 13.0. The monoisotopic (exact) mass is 242 g/mol. The maximum atomic E-state index is 10.8. The van der Waals surface area contributed by atoms with Crippen LogP contribution in [0.2, 0.25) is 5.02 Å². The molecule has 3 nitrogen and oxygen atoms in total. The van der Waals surface area contributed by atoms with Gasteiger partial charge in [0.25, 0.3) is 0 Å². The van der Waals surface area contributed by atoms with E-state index in [1.807, 2.05) is 0 Å². The van der Waals surface area contributed by atoms with Crippen LogP contribution in [0, 0.1) is 0 Å². The summed E-state index contributed by atoms with van der Waals surface area (Å²) in [5.41, 5.74) is 0.413. The summed E-state index contributed by atoms with van der Waals surface area (Å²) in [7, 11) is 1.67. The van der Waals surface area contributed by atoms with Crippen LogP contribution < -0.4 is 4.74 Å². The minimum Gasteiger partial charge on any atom is -0.493 e. The van der Waals surface area contributed by atoms with Gasteiger partial charge in [-0.1, -0.05) is 17.7 Å². The van der Waals surface area contributed by atoms with Crippen molar-refractivity contribution in [2.45, 2.75) is 12.8 Å². The largest absolute Gasteiger partial charge is 0.493 e. The van der Waals surface area contributed by atoms with E-state index >= 15 is 0 Å². The summed E-state index contributed by atoms with van der Waals surface area (Å²) in [5, 5.41) is 0.421. The minimum absolute atomic E-state index is 0.413. The lowest BCUT2D eigenvalue weighted by Gasteiger charge is -2.08. The summed E-state index contributed by atoms with van der Waals surface area (Å²) in [6, 6.07) is 5.18. The quantitative estimate of drug-likeness (QED) is 0.545. The molecule has 0 spiro atoms. The maximum absolute atomic E-state index is 10.8. The summed E-state index contributed by atoms with van der Waals surface area (Å²) in [4.78, 5) is 10.8. The molecule has 0 aliphatic carbocycles. The van der Waals surface area contributed by atoms with Gasteiger partial charge in [0.15, 0.2) is 6.29 Å². The van der Waals surface area contributed by atoms with Crippen molar-refractivity contribution in [3.8, 4) is 5.75 Å². The first-order valence-electron chi connectivity index (χ1n) is 5.15. The van der Waals surface area contributed by atoms with Gasteiger partial charge in [0.1, 0.15) is 5.75 Å². The van der Waals surface area contributed by atoms with Crippen LogP contribution in [0.15, 0.2) is 18.2 Å². The van der Waals surface area contributed by atoms with Crippen LogP contribution in [0.4, 0.5) is 0 Å². The maximum Gasteiger partial charge on any atom is 0.155 e. The molecule has 16 heavy (non-hydrogen) atoms. The second kappa shape index (κ2) is 7.25. The van der Waals surface area contributed by atoms with Gasteiger partial charge in [-0.3, -0.25) is 4.79 Å². The third-order valence-corrected chi connectivity index (χ3v) is 2.46. The highest BCUT2D eigenvalue weighted by Gasteiger charge is 2.06. The number of hydrogen-bond acceptors (Lipinski definition) is 3. The van der Waals surface area contributed by atoms with Crippen molar-refractivity contribution < 1.29 is 14.3 Å². The average Bonchev–Trinajstić information content (AvgIpc) is 2.29. The third-order valence-electron chi connectivity index (χ3n) is 2.13. The summed E-state index contributed by atoms with van der Waals surface area (Å²) < 4.78 is 10.4. The van der Waals surface area contributed by atoms with Crippen molar-refractivity contribution in [2.75, 3.05) is 20.3 Å². The first-order chi connectivity index (χ1) is 7.79. The molecule has 4 heteroatoms. The van der Waals surface area contributed by atoms with Gasteiger partial charge < -0.3 is 9.47 Å². The molecule has 0 bridgehead atoms. The highest BCUT2D eigenvalue weighted by atomic mass is 35.5. The first-order valence-corrected chi connectivity index (χ1v) is 5.53. The molecule has 0 saturated heterocycles. The number of carbonyl (C=O) groups is 1. The topological polar surface area (TPSA) is 35.5 Å². The molecule has 0 radical (unpaired) electrons. The van der Waals surface area contributed by atoms with Crippen LogP contribution in [0.3, 0.4) is 0 Å². The van der Waals surface area contributed by atoms with E-state index in [1.165, 1.54) is 0 Å². The van der Waals surface area contributed by atoms with Crippen LogP contribution in [-0.2, 0) is 4.74 Å². The van der Waals surface area contributed by atoms with Gasteiger partial charge in [-0.2, -0.15) is 0 Å². The summed E-state index contributed by atoms with van der Waals surface area (Å²) in [6.45, 7) is 1.28. The number of benzene rings is 1. The van der Waals surface area contributed by atoms with E-state index in [0.717, 1.165) is 19.4 Å². The van der Waals surface area contributed by atoms with Crippen LogP contribution in [0.1, 0.15) is 23.2 Å². The molecule has 0 aromatic heterocycles. The van der Waals surface area contributed by atoms with E-state index in [2.05, 4.69) is 0 Å². The summed E-state index contributed by atoms with van der Waals surface area (Å²) in [5.74, 6) is 0.542. The molecule has 0 amide bonds. The van der Waals surface area contributed by atoms with Gasteiger partial charge >= 0.3 is 0 Å². The lowest BCUT2D eigenvalue weighted by molar-refractivity contribution is 0.111. The van der Waals surface area contributed by atoms with Gasteiger partial charge in [-0.05, 0) is 25.0 Å². The molecular formula is C12H15ClO3. The van der Waals surface area contributed by atoms with Crippen molar-refractivity contribution in [1.82, 2.24) is 0 Å². The number of methoxy groups -OCH3 is 1. The van der Waals surface area contributed by atoms with E-state index in [0.29, 0.717) is 29.2 Å². The highest BCUT2D eigenvalue weighted by Crippen LogP contribution is 2.24. The fourth-order valence-electron chi connectivity index (χ4n) is 1.29. The second-order valence-electron chi connectivity index (χ2n) is 3.32. The fraction of sp³-hybridized carbons (Fsp3) is 0.417. The van der Waals surface area contributed by atoms with Gasteiger partial charge in [-0.25, -0.2) is 0 Å². The number of unbranched alkanes of at least 4 members (excludes halogenated alkanes) is 1. The molecular weight excluding hydrogens is 228 g/mol. The Morgan fingerprint density at radius 2 is 2.06 bits per heavy atom. The van der Waals surface area contributed by atoms with E-state index in [9.17, 15) is 4.79 Å². The Morgan fingerprint density at radius 3 is 2.75 bits per heavy atom. The van der Waals surface area contributed by atoms with Gasteiger partial charge in [-0.15, -0.1) is 0 Å². The highest BCUT2D eigenvalue weighted by molar-refractivity contribution is 6.33. The van der Waals surface area contributed by atoms with Gasteiger partial charge in [0, 0.05) is 13.7 Å². The average molecular weight is 243 g/mol. The fourth-order valence-corrected chi connectivity index (χ4v) is 1.50. The van der Waals surface area contributed by atoms with Crippen molar-refractivity contribution in [2.24, 2.45) is 0 Å². The molecule has 1 rings (SSSR count). The zero-order chi connectivity index (χ0) is 11.8. The van der Waals surface area contributed by atoms with Crippen molar-refractivity contribution in [1.29, 1.82) is 0 Å². The predicted molar refractivity (Wildman–Crippen MR) is 63.4 cm³/mol. The van der Waals surface area contributed by atoms with E-state index in [-0.39, 0.29) is 0 Å². The molecule has 0 N–H and O–H groups in total. The molecule has 0 saturated carbocycles. The van der Waals surface area contributed by atoms with Gasteiger partial charge in [0.05, 0.1) is 17.2 Å². The number of carbonyl (C=O) groups excluding carboxylic acids is 1. The Morgan fingerprint density at radius 1 is 1.31 bits per heavy atom. The standard InChI is InChI=1S/C12H15ClO3/c1-15-7-2-3-8-16-12-6-4-5-11(13)10(12)9-14/h4-6,9H,2-3,7-8H2,1H3. The van der Waals surface area contributed by atoms with Gasteiger partial charge in [0.2, 0.25) is 0 Å². The number of halogens is 1. The zero-order valence-corrected chi connectivity index (χ0v) is 10.00.